The predicted molar refractivity (Wildman–Crippen MR) is 97.8 cm³/mol. The second-order valence-electron chi connectivity index (χ2n) is 6.05. The predicted octanol–water partition coefficient (Wildman–Crippen LogP) is 3.92. The number of amides is 1. The standard InChI is InChI=1S/C19H28ClNO3/c1-4-15-8-6-9-16(5-2)18(15)21(19(22)14(3)20)11-10-17-23-12-7-13-24-17/h6,8-9,14,17H,4-5,7,10-13H2,1-3H3. The Hall–Kier alpha value is -1.10. The van der Waals surface area contributed by atoms with Crippen LogP contribution >= 0.6 is 11.6 Å². The van der Waals surface area contributed by atoms with Crippen molar-refractivity contribution in [2.24, 2.45) is 0 Å². The molecule has 0 radical (unpaired) electrons. The van der Waals surface area contributed by atoms with Gasteiger partial charge in [-0.2, -0.15) is 0 Å². The van der Waals surface area contributed by atoms with Crippen LogP contribution in [0.25, 0.3) is 0 Å². The van der Waals surface area contributed by atoms with Crippen LogP contribution in [0.15, 0.2) is 18.2 Å². The first-order valence-electron chi connectivity index (χ1n) is 8.87. The summed E-state index contributed by atoms with van der Waals surface area (Å²) in [6.07, 6.45) is 3.09. The van der Waals surface area contributed by atoms with Crippen molar-refractivity contribution >= 4 is 23.2 Å². The molecular formula is C19H28ClNO3. The van der Waals surface area contributed by atoms with Crippen LogP contribution in [0.1, 0.15) is 44.7 Å². The topological polar surface area (TPSA) is 38.8 Å². The maximum atomic E-state index is 12.8. The summed E-state index contributed by atoms with van der Waals surface area (Å²) < 4.78 is 11.2. The van der Waals surface area contributed by atoms with Gasteiger partial charge in [-0.1, -0.05) is 32.0 Å². The Labute approximate surface area is 150 Å². The van der Waals surface area contributed by atoms with Crippen LogP contribution in [-0.4, -0.2) is 37.3 Å². The highest BCUT2D eigenvalue weighted by atomic mass is 35.5. The first kappa shape index (κ1) is 19.2. The molecule has 24 heavy (non-hydrogen) atoms. The van der Waals surface area contributed by atoms with E-state index in [1.54, 1.807) is 6.92 Å². The summed E-state index contributed by atoms with van der Waals surface area (Å²) in [5.41, 5.74) is 3.35. The summed E-state index contributed by atoms with van der Waals surface area (Å²) in [6, 6.07) is 6.23. The molecular weight excluding hydrogens is 326 g/mol. The summed E-state index contributed by atoms with van der Waals surface area (Å²) in [6.45, 7) is 7.93. The minimum Gasteiger partial charge on any atom is -0.353 e. The molecule has 134 valence electrons. The zero-order valence-corrected chi connectivity index (χ0v) is 15.6. The normalized spacial score (nSPS) is 16.8. The Kier molecular flexibility index (Phi) is 7.53. The van der Waals surface area contributed by atoms with Gasteiger partial charge in [0.05, 0.1) is 18.9 Å². The fourth-order valence-corrected chi connectivity index (χ4v) is 3.16. The number of carbonyl (C=O) groups excluding carboxylic acids is 1. The molecule has 0 aliphatic carbocycles. The van der Waals surface area contributed by atoms with Gasteiger partial charge in [-0.25, -0.2) is 0 Å². The molecule has 0 bridgehead atoms. The molecule has 4 nitrogen and oxygen atoms in total. The lowest BCUT2D eigenvalue weighted by Gasteiger charge is -2.31. The number of halogens is 1. The van der Waals surface area contributed by atoms with Crippen molar-refractivity contribution < 1.29 is 14.3 Å². The number of para-hydroxylation sites is 1. The van der Waals surface area contributed by atoms with Crippen molar-refractivity contribution in [2.45, 2.75) is 58.1 Å². The van der Waals surface area contributed by atoms with Gasteiger partial charge in [0, 0.05) is 13.0 Å². The molecule has 5 heteroatoms. The maximum Gasteiger partial charge on any atom is 0.244 e. The molecule has 0 spiro atoms. The van der Waals surface area contributed by atoms with Crippen molar-refractivity contribution in [1.29, 1.82) is 0 Å². The Morgan fingerprint density at radius 1 is 1.25 bits per heavy atom. The van der Waals surface area contributed by atoms with Gasteiger partial charge in [0.2, 0.25) is 5.91 Å². The number of hydrogen-bond acceptors (Lipinski definition) is 3. The molecule has 1 saturated heterocycles. The summed E-state index contributed by atoms with van der Waals surface area (Å²) in [5.74, 6) is -0.0666. The van der Waals surface area contributed by atoms with E-state index in [0.29, 0.717) is 13.0 Å². The van der Waals surface area contributed by atoms with E-state index in [2.05, 4.69) is 32.0 Å². The van der Waals surface area contributed by atoms with E-state index in [0.717, 1.165) is 38.2 Å². The number of anilines is 1. The maximum absolute atomic E-state index is 12.8. The van der Waals surface area contributed by atoms with Gasteiger partial charge in [0.25, 0.3) is 0 Å². The highest BCUT2D eigenvalue weighted by Crippen LogP contribution is 2.29. The highest BCUT2D eigenvalue weighted by Gasteiger charge is 2.26. The Bertz CT molecular complexity index is 519. The quantitative estimate of drug-likeness (QED) is 0.697. The van der Waals surface area contributed by atoms with E-state index in [1.165, 1.54) is 11.1 Å². The van der Waals surface area contributed by atoms with E-state index < -0.39 is 5.38 Å². The van der Waals surface area contributed by atoms with Gasteiger partial charge < -0.3 is 14.4 Å². The van der Waals surface area contributed by atoms with Crippen LogP contribution in [0, 0.1) is 0 Å². The molecule has 1 aromatic carbocycles. The monoisotopic (exact) mass is 353 g/mol. The number of benzene rings is 1. The fraction of sp³-hybridized carbons (Fsp3) is 0.632. The van der Waals surface area contributed by atoms with Gasteiger partial charge in [-0.05, 0) is 37.3 Å². The molecule has 1 unspecified atom stereocenters. The summed E-state index contributed by atoms with van der Waals surface area (Å²) in [7, 11) is 0. The average molecular weight is 354 g/mol. The average Bonchev–Trinajstić information content (AvgIpc) is 2.62. The highest BCUT2D eigenvalue weighted by molar-refractivity contribution is 6.32. The number of ether oxygens (including phenoxy) is 2. The molecule has 0 N–H and O–H groups in total. The minimum absolute atomic E-state index is 0.0666. The van der Waals surface area contributed by atoms with Crippen molar-refractivity contribution in [1.82, 2.24) is 0 Å². The van der Waals surface area contributed by atoms with Crippen molar-refractivity contribution in [3.63, 3.8) is 0 Å². The molecule has 1 heterocycles. The van der Waals surface area contributed by atoms with Crippen molar-refractivity contribution in [3.8, 4) is 0 Å². The molecule has 0 saturated carbocycles. The van der Waals surface area contributed by atoms with E-state index in [4.69, 9.17) is 21.1 Å². The van der Waals surface area contributed by atoms with Crippen LogP contribution < -0.4 is 4.90 Å². The van der Waals surface area contributed by atoms with Crippen LogP contribution in [-0.2, 0) is 27.1 Å². The third-order valence-corrected chi connectivity index (χ3v) is 4.51. The Balaban J connectivity index is 2.27. The second-order valence-corrected chi connectivity index (χ2v) is 6.71. The number of alkyl halides is 1. The third-order valence-electron chi connectivity index (χ3n) is 4.33. The van der Waals surface area contributed by atoms with E-state index in [9.17, 15) is 4.79 Å². The smallest absolute Gasteiger partial charge is 0.244 e. The van der Waals surface area contributed by atoms with Crippen molar-refractivity contribution in [3.05, 3.63) is 29.3 Å². The summed E-state index contributed by atoms with van der Waals surface area (Å²) >= 11 is 6.13. The molecule has 1 aliphatic heterocycles. The lowest BCUT2D eigenvalue weighted by Crippen LogP contribution is -2.40. The van der Waals surface area contributed by atoms with Gasteiger partial charge in [-0.15, -0.1) is 11.6 Å². The molecule has 1 amide bonds. The van der Waals surface area contributed by atoms with Gasteiger partial charge in [-0.3, -0.25) is 4.79 Å². The molecule has 1 aliphatic rings. The molecule has 2 rings (SSSR count). The molecule has 0 aromatic heterocycles. The van der Waals surface area contributed by atoms with Crippen LogP contribution in [0.4, 0.5) is 5.69 Å². The van der Waals surface area contributed by atoms with Gasteiger partial charge in [0.15, 0.2) is 6.29 Å². The summed E-state index contributed by atoms with van der Waals surface area (Å²) in [5, 5.41) is -0.562. The zero-order valence-electron chi connectivity index (χ0n) is 14.9. The first-order valence-corrected chi connectivity index (χ1v) is 9.31. The first-order chi connectivity index (χ1) is 11.6. The number of hydrogen-bond donors (Lipinski definition) is 0. The Morgan fingerprint density at radius 2 is 1.83 bits per heavy atom. The Morgan fingerprint density at radius 3 is 2.33 bits per heavy atom. The second kappa shape index (κ2) is 9.40. The largest absolute Gasteiger partial charge is 0.353 e. The van der Waals surface area contributed by atoms with Crippen molar-refractivity contribution in [2.75, 3.05) is 24.7 Å². The number of nitrogens with zero attached hydrogens (tertiary/aromatic N) is 1. The van der Waals surface area contributed by atoms with E-state index in [1.807, 2.05) is 4.90 Å². The molecule has 1 atom stereocenters. The van der Waals surface area contributed by atoms with E-state index >= 15 is 0 Å². The minimum atomic E-state index is -0.562. The third kappa shape index (κ3) is 4.71. The molecule has 1 aromatic rings. The van der Waals surface area contributed by atoms with Gasteiger partial charge >= 0.3 is 0 Å². The zero-order chi connectivity index (χ0) is 17.5. The fourth-order valence-electron chi connectivity index (χ4n) is 3.05. The number of carbonyl (C=O) groups is 1. The number of rotatable bonds is 7. The number of aryl methyl sites for hydroxylation is 2. The van der Waals surface area contributed by atoms with Gasteiger partial charge in [0.1, 0.15) is 5.38 Å². The lowest BCUT2D eigenvalue weighted by atomic mass is 10.0. The van der Waals surface area contributed by atoms with Crippen LogP contribution in [0.3, 0.4) is 0 Å². The van der Waals surface area contributed by atoms with Crippen LogP contribution in [0.5, 0.6) is 0 Å². The summed E-state index contributed by atoms with van der Waals surface area (Å²) in [4.78, 5) is 14.6. The van der Waals surface area contributed by atoms with E-state index in [-0.39, 0.29) is 12.2 Å². The SMILES string of the molecule is CCc1cccc(CC)c1N(CCC1OCCCO1)C(=O)C(C)Cl. The molecule has 1 fully saturated rings. The lowest BCUT2D eigenvalue weighted by molar-refractivity contribution is -0.179. The van der Waals surface area contributed by atoms with Crippen LogP contribution in [0.2, 0.25) is 0 Å².